The van der Waals surface area contributed by atoms with Crippen molar-refractivity contribution in [1.29, 1.82) is 0 Å². The third-order valence-corrected chi connectivity index (χ3v) is 2.85. The van der Waals surface area contributed by atoms with Gasteiger partial charge in [0.1, 0.15) is 0 Å². The summed E-state index contributed by atoms with van der Waals surface area (Å²) in [7, 11) is 3.18. The van der Waals surface area contributed by atoms with Gasteiger partial charge in [-0.3, -0.25) is 4.79 Å². The Morgan fingerprint density at radius 2 is 1.89 bits per heavy atom. The summed E-state index contributed by atoms with van der Waals surface area (Å²) in [5.74, 6) is 1.33. The molecule has 0 aliphatic carbocycles. The smallest absolute Gasteiger partial charge is 0.267 e. The van der Waals surface area contributed by atoms with Gasteiger partial charge >= 0.3 is 0 Å². The van der Waals surface area contributed by atoms with E-state index in [0.717, 1.165) is 11.3 Å². The minimum Gasteiger partial charge on any atom is -0.493 e. The maximum absolute atomic E-state index is 11.7. The summed E-state index contributed by atoms with van der Waals surface area (Å²) in [5.41, 5.74) is 2.28. The van der Waals surface area contributed by atoms with Crippen molar-refractivity contribution in [3.8, 4) is 11.5 Å². The Balaban J connectivity index is 2.33. The first kappa shape index (κ1) is 13.1. The molecule has 0 saturated carbocycles. The van der Waals surface area contributed by atoms with Crippen LogP contribution in [0, 0.1) is 6.92 Å². The molecule has 0 saturated heterocycles. The Morgan fingerprint density at radius 1 is 1.16 bits per heavy atom. The van der Waals surface area contributed by atoms with Gasteiger partial charge in [-0.05, 0) is 30.7 Å². The van der Waals surface area contributed by atoms with E-state index in [1.54, 1.807) is 20.3 Å². The molecule has 1 N–H and O–H groups in total. The molecule has 5 nitrogen and oxygen atoms in total. The topological polar surface area (TPSA) is 64.2 Å². The van der Waals surface area contributed by atoms with Crippen LogP contribution in [0.25, 0.3) is 0 Å². The normalized spacial score (nSPS) is 10.3. The fourth-order valence-electron chi connectivity index (χ4n) is 1.90. The number of rotatable bonds is 4. The number of aromatic nitrogens is 2. The van der Waals surface area contributed by atoms with Crippen LogP contribution in [-0.2, 0) is 6.42 Å². The van der Waals surface area contributed by atoms with Crippen molar-refractivity contribution in [2.75, 3.05) is 14.2 Å². The van der Waals surface area contributed by atoms with E-state index < -0.39 is 0 Å². The average Bonchev–Trinajstić information content (AvgIpc) is 2.42. The van der Waals surface area contributed by atoms with Crippen LogP contribution in [0.1, 0.15) is 16.8 Å². The number of nitrogens with zero attached hydrogens (tertiary/aromatic N) is 1. The highest BCUT2D eigenvalue weighted by Gasteiger charge is 2.07. The van der Waals surface area contributed by atoms with E-state index in [4.69, 9.17) is 9.47 Å². The molecule has 100 valence electrons. The molecule has 0 fully saturated rings. The maximum Gasteiger partial charge on any atom is 0.267 e. The Kier molecular flexibility index (Phi) is 3.85. The lowest BCUT2D eigenvalue weighted by molar-refractivity contribution is 0.354. The molecule has 0 unspecified atom stereocenters. The summed E-state index contributed by atoms with van der Waals surface area (Å²) in [6.07, 6.45) is 0.527. The van der Waals surface area contributed by atoms with Crippen LogP contribution in [0.3, 0.4) is 0 Å². The third kappa shape index (κ3) is 2.93. The number of nitrogens with one attached hydrogen (secondary N) is 1. The second-order valence-electron chi connectivity index (χ2n) is 4.23. The van der Waals surface area contributed by atoms with E-state index in [9.17, 15) is 4.79 Å². The number of aryl methyl sites for hydroxylation is 1. The molecule has 1 aromatic carbocycles. The average molecular weight is 260 g/mol. The highest BCUT2D eigenvalue weighted by Crippen LogP contribution is 2.28. The van der Waals surface area contributed by atoms with Gasteiger partial charge in [-0.1, -0.05) is 6.07 Å². The van der Waals surface area contributed by atoms with Crippen molar-refractivity contribution in [1.82, 2.24) is 10.2 Å². The zero-order valence-corrected chi connectivity index (χ0v) is 11.2. The van der Waals surface area contributed by atoms with E-state index in [2.05, 4.69) is 10.2 Å². The molecule has 0 aliphatic heterocycles. The van der Waals surface area contributed by atoms with Crippen molar-refractivity contribution in [3.63, 3.8) is 0 Å². The lowest BCUT2D eigenvalue weighted by atomic mass is 10.1. The minimum absolute atomic E-state index is 0.166. The number of benzene rings is 1. The van der Waals surface area contributed by atoms with Gasteiger partial charge in [-0.15, -0.1) is 0 Å². The van der Waals surface area contributed by atoms with E-state index in [1.165, 1.54) is 0 Å². The van der Waals surface area contributed by atoms with Crippen LogP contribution in [-0.4, -0.2) is 24.4 Å². The standard InChI is InChI=1S/C14H16N2O3/c1-9-6-11(14(17)16-15-9)7-10-4-5-12(18-2)13(8-10)19-3/h4-6,8H,7H2,1-3H3,(H,16,17). The summed E-state index contributed by atoms with van der Waals surface area (Å²) in [5, 5.41) is 6.34. The molecule has 2 rings (SSSR count). The molecule has 5 heteroatoms. The number of methoxy groups -OCH3 is 2. The van der Waals surface area contributed by atoms with Gasteiger partial charge in [-0.2, -0.15) is 5.10 Å². The zero-order valence-electron chi connectivity index (χ0n) is 11.2. The van der Waals surface area contributed by atoms with Crippen LogP contribution in [0.2, 0.25) is 0 Å². The quantitative estimate of drug-likeness (QED) is 0.908. The van der Waals surface area contributed by atoms with Crippen LogP contribution >= 0.6 is 0 Å². The van der Waals surface area contributed by atoms with Crippen LogP contribution in [0.15, 0.2) is 29.1 Å². The number of H-pyrrole nitrogens is 1. The SMILES string of the molecule is COc1ccc(Cc2cc(C)n[nH]c2=O)cc1OC. The molecule has 0 radical (unpaired) electrons. The summed E-state index contributed by atoms with van der Waals surface area (Å²) in [4.78, 5) is 11.7. The molecule has 19 heavy (non-hydrogen) atoms. The van der Waals surface area contributed by atoms with Crippen LogP contribution in [0.5, 0.6) is 11.5 Å². The summed E-state index contributed by atoms with van der Waals surface area (Å²) >= 11 is 0. The molecule has 0 amide bonds. The van der Waals surface area contributed by atoms with Crippen molar-refractivity contribution < 1.29 is 9.47 Å². The number of aromatic amines is 1. The molecular weight excluding hydrogens is 244 g/mol. The van der Waals surface area contributed by atoms with Gasteiger partial charge in [0.15, 0.2) is 11.5 Å². The van der Waals surface area contributed by atoms with Crippen LogP contribution in [0.4, 0.5) is 0 Å². The lowest BCUT2D eigenvalue weighted by Crippen LogP contribution is -2.15. The molecule has 0 bridgehead atoms. The largest absolute Gasteiger partial charge is 0.493 e. The van der Waals surface area contributed by atoms with Crippen molar-refractivity contribution in [3.05, 3.63) is 51.4 Å². The summed E-state index contributed by atoms with van der Waals surface area (Å²) in [6, 6.07) is 7.40. The predicted molar refractivity (Wildman–Crippen MR) is 71.9 cm³/mol. The monoisotopic (exact) mass is 260 g/mol. The van der Waals surface area contributed by atoms with E-state index in [-0.39, 0.29) is 5.56 Å². The van der Waals surface area contributed by atoms with E-state index >= 15 is 0 Å². The Morgan fingerprint density at radius 3 is 2.58 bits per heavy atom. The van der Waals surface area contributed by atoms with E-state index in [0.29, 0.717) is 23.5 Å². The van der Waals surface area contributed by atoms with Gasteiger partial charge in [0, 0.05) is 12.0 Å². The van der Waals surface area contributed by atoms with Gasteiger partial charge in [0.25, 0.3) is 5.56 Å². The Labute approximate surface area is 111 Å². The zero-order chi connectivity index (χ0) is 13.8. The lowest BCUT2D eigenvalue weighted by Gasteiger charge is -2.09. The Bertz CT molecular complexity index is 635. The molecule has 2 aromatic rings. The number of hydrogen-bond donors (Lipinski definition) is 1. The number of hydrogen-bond acceptors (Lipinski definition) is 4. The fourth-order valence-corrected chi connectivity index (χ4v) is 1.90. The molecule has 0 aliphatic rings. The highest BCUT2D eigenvalue weighted by atomic mass is 16.5. The molecule has 0 spiro atoms. The van der Waals surface area contributed by atoms with Crippen LogP contribution < -0.4 is 15.0 Å². The first-order chi connectivity index (χ1) is 9.13. The second-order valence-corrected chi connectivity index (χ2v) is 4.23. The number of ether oxygens (including phenoxy) is 2. The van der Waals surface area contributed by atoms with Crippen molar-refractivity contribution >= 4 is 0 Å². The fraction of sp³-hybridized carbons (Fsp3) is 0.286. The van der Waals surface area contributed by atoms with Gasteiger partial charge < -0.3 is 9.47 Å². The first-order valence-corrected chi connectivity index (χ1v) is 5.90. The van der Waals surface area contributed by atoms with Gasteiger partial charge in [0.05, 0.1) is 19.9 Å². The van der Waals surface area contributed by atoms with Crippen molar-refractivity contribution in [2.24, 2.45) is 0 Å². The van der Waals surface area contributed by atoms with Crippen molar-refractivity contribution in [2.45, 2.75) is 13.3 Å². The maximum atomic E-state index is 11.7. The third-order valence-electron chi connectivity index (χ3n) is 2.85. The molecule has 0 atom stereocenters. The van der Waals surface area contributed by atoms with Gasteiger partial charge in [-0.25, -0.2) is 5.10 Å². The molecule has 1 heterocycles. The minimum atomic E-state index is -0.166. The van der Waals surface area contributed by atoms with Gasteiger partial charge in [0.2, 0.25) is 0 Å². The second kappa shape index (κ2) is 5.56. The summed E-state index contributed by atoms with van der Waals surface area (Å²) in [6.45, 7) is 1.84. The molecular formula is C14H16N2O3. The first-order valence-electron chi connectivity index (χ1n) is 5.90. The summed E-state index contributed by atoms with van der Waals surface area (Å²) < 4.78 is 10.4. The predicted octanol–water partition coefficient (Wildman–Crippen LogP) is 1.69. The highest BCUT2D eigenvalue weighted by molar-refractivity contribution is 5.44. The Hall–Kier alpha value is -2.30. The molecule has 1 aromatic heterocycles. The van der Waals surface area contributed by atoms with E-state index in [1.807, 2.05) is 25.1 Å².